The van der Waals surface area contributed by atoms with Crippen molar-refractivity contribution in [3.63, 3.8) is 0 Å². The van der Waals surface area contributed by atoms with E-state index >= 15 is 0 Å². The quantitative estimate of drug-likeness (QED) is 0.856. The molecule has 0 aromatic carbocycles. The van der Waals surface area contributed by atoms with Crippen LogP contribution in [-0.4, -0.2) is 68.6 Å². The zero-order valence-corrected chi connectivity index (χ0v) is 11.9. The van der Waals surface area contributed by atoms with Crippen molar-refractivity contribution in [1.82, 2.24) is 19.2 Å². The van der Waals surface area contributed by atoms with E-state index < -0.39 is 5.97 Å². The first kappa shape index (κ1) is 13.8. The van der Waals surface area contributed by atoms with Gasteiger partial charge in [0.25, 0.3) is 0 Å². The molecular weight excluding hydrogens is 272 g/mol. The first-order valence-electron chi connectivity index (χ1n) is 6.89. The van der Waals surface area contributed by atoms with Crippen LogP contribution in [0.15, 0.2) is 18.3 Å². The van der Waals surface area contributed by atoms with Crippen molar-refractivity contribution >= 4 is 11.5 Å². The molecule has 0 atom stereocenters. The molecule has 3 rings (SSSR count). The van der Waals surface area contributed by atoms with E-state index in [0.717, 1.165) is 26.2 Å². The van der Waals surface area contributed by atoms with Crippen molar-refractivity contribution in [2.24, 2.45) is 0 Å². The third-order valence-electron chi connectivity index (χ3n) is 3.86. The predicted octanol–water partition coefficient (Wildman–Crippen LogP) is 0.486. The summed E-state index contributed by atoms with van der Waals surface area (Å²) < 4.78 is 1.74. The number of imidazole rings is 1. The standard InChI is InChI=1S/C14H18N4O3/c1-16-4-6-17(7-5-16)9-12-15-13(14(20)21)11-8-10(19)2-3-18(11)12/h2-3,8,19H,4-7,9H2,1H3,(H,20,21). The Morgan fingerprint density at radius 2 is 2.05 bits per heavy atom. The maximum atomic E-state index is 11.3. The molecule has 1 fully saturated rings. The Balaban J connectivity index is 1.93. The Kier molecular flexibility index (Phi) is 3.52. The molecule has 2 aromatic rings. The first-order chi connectivity index (χ1) is 10.0. The molecule has 1 saturated heterocycles. The molecule has 2 N–H and O–H groups in total. The Hall–Kier alpha value is -2.12. The van der Waals surface area contributed by atoms with Crippen molar-refractivity contribution in [2.75, 3.05) is 33.2 Å². The highest BCUT2D eigenvalue weighted by molar-refractivity contribution is 5.94. The van der Waals surface area contributed by atoms with Crippen molar-refractivity contribution in [1.29, 1.82) is 0 Å². The van der Waals surface area contributed by atoms with Crippen LogP contribution in [0, 0.1) is 0 Å². The third-order valence-corrected chi connectivity index (χ3v) is 3.86. The van der Waals surface area contributed by atoms with E-state index in [2.05, 4.69) is 21.8 Å². The molecular formula is C14H18N4O3. The maximum absolute atomic E-state index is 11.3. The molecule has 7 heteroatoms. The van der Waals surface area contributed by atoms with Gasteiger partial charge in [-0.3, -0.25) is 4.90 Å². The minimum atomic E-state index is -1.08. The van der Waals surface area contributed by atoms with Gasteiger partial charge in [-0.15, -0.1) is 0 Å². The molecule has 1 aliphatic rings. The molecule has 0 saturated carbocycles. The summed E-state index contributed by atoms with van der Waals surface area (Å²) in [5.74, 6) is -0.356. The van der Waals surface area contributed by atoms with Gasteiger partial charge in [-0.1, -0.05) is 0 Å². The van der Waals surface area contributed by atoms with Crippen LogP contribution in [0.2, 0.25) is 0 Å². The van der Waals surface area contributed by atoms with Crippen molar-refractivity contribution in [2.45, 2.75) is 6.54 Å². The van der Waals surface area contributed by atoms with Gasteiger partial charge in [-0.25, -0.2) is 9.78 Å². The number of carboxylic acid groups (broad SMARTS) is 1. The number of piperazine rings is 1. The number of hydrogen-bond donors (Lipinski definition) is 2. The average molecular weight is 290 g/mol. The number of carbonyl (C=O) groups is 1. The highest BCUT2D eigenvalue weighted by Gasteiger charge is 2.20. The van der Waals surface area contributed by atoms with Gasteiger partial charge in [-0.05, 0) is 13.1 Å². The lowest BCUT2D eigenvalue weighted by Crippen LogP contribution is -2.44. The summed E-state index contributed by atoms with van der Waals surface area (Å²) in [4.78, 5) is 20.1. The maximum Gasteiger partial charge on any atom is 0.356 e. The number of aromatic nitrogens is 2. The van der Waals surface area contributed by atoms with E-state index in [0.29, 0.717) is 17.9 Å². The van der Waals surface area contributed by atoms with E-state index in [4.69, 9.17) is 0 Å². The number of hydrogen-bond acceptors (Lipinski definition) is 5. The predicted molar refractivity (Wildman–Crippen MR) is 76.6 cm³/mol. The second kappa shape index (κ2) is 5.34. The van der Waals surface area contributed by atoms with Crippen LogP contribution < -0.4 is 0 Å². The molecule has 2 aromatic heterocycles. The van der Waals surface area contributed by atoms with E-state index in [1.54, 1.807) is 10.6 Å². The number of aromatic hydroxyl groups is 1. The van der Waals surface area contributed by atoms with E-state index in [1.807, 2.05) is 0 Å². The summed E-state index contributed by atoms with van der Waals surface area (Å²) in [7, 11) is 2.09. The van der Waals surface area contributed by atoms with Gasteiger partial charge >= 0.3 is 5.97 Å². The minimum absolute atomic E-state index is 0.0185. The highest BCUT2D eigenvalue weighted by atomic mass is 16.4. The molecule has 3 heterocycles. The SMILES string of the molecule is CN1CCN(Cc2nc(C(=O)O)c3cc(O)ccn23)CC1. The molecule has 0 radical (unpaired) electrons. The van der Waals surface area contributed by atoms with Crippen LogP contribution >= 0.6 is 0 Å². The summed E-state index contributed by atoms with van der Waals surface area (Å²) in [5, 5.41) is 18.8. The number of likely N-dealkylation sites (N-methyl/N-ethyl adjacent to an activating group) is 1. The van der Waals surface area contributed by atoms with Gasteiger partial charge < -0.3 is 19.5 Å². The third kappa shape index (κ3) is 2.70. The number of aromatic carboxylic acids is 1. The zero-order valence-electron chi connectivity index (χ0n) is 11.9. The van der Waals surface area contributed by atoms with Crippen molar-refractivity contribution in [3.8, 4) is 5.75 Å². The second-order valence-corrected chi connectivity index (χ2v) is 5.40. The van der Waals surface area contributed by atoms with Gasteiger partial charge in [0.15, 0.2) is 5.69 Å². The first-order valence-corrected chi connectivity index (χ1v) is 6.89. The van der Waals surface area contributed by atoms with Crippen molar-refractivity contribution < 1.29 is 15.0 Å². The van der Waals surface area contributed by atoms with Gasteiger partial charge in [0.2, 0.25) is 0 Å². The molecule has 0 bridgehead atoms. The Morgan fingerprint density at radius 1 is 1.33 bits per heavy atom. The smallest absolute Gasteiger partial charge is 0.356 e. The normalized spacial score (nSPS) is 17.4. The van der Waals surface area contributed by atoms with E-state index in [9.17, 15) is 15.0 Å². The summed E-state index contributed by atoms with van der Waals surface area (Å²) in [5.41, 5.74) is 0.404. The molecule has 112 valence electrons. The Morgan fingerprint density at radius 3 is 2.71 bits per heavy atom. The Bertz CT molecular complexity index is 674. The van der Waals surface area contributed by atoms with Crippen LogP contribution in [0.5, 0.6) is 5.75 Å². The fraction of sp³-hybridized carbons (Fsp3) is 0.429. The van der Waals surface area contributed by atoms with Crippen LogP contribution in [0.4, 0.5) is 0 Å². The fourth-order valence-corrected chi connectivity index (χ4v) is 2.61. The number of carboxylic acids is 1. The molecule has 0 amide bonds. The molecule has 0 aliphatic carbocycles. The lowest BCUT2D eigenvalue weighted by atomic mass is 10.3. The molecule has 0 unspecified atom stereocenters. The number of rotatable bonds is 3. The van der Waals surface area contributed by atoms with Crippen LogP contribution in [0.1, 0.15) is 16.3 Å². The van der Waals surface area contributed by atoms with E-state index in [-0.39, 0.29) is 11.4 Å². The van der Waals surface area contributed by atoms with Gasteiger partial charge in [0.05, 0.1) is 12.1 Å². The van der Waals surface area contributed by atoms with Crippen LogP contribution in [-0.2, 0) is 6.54 Å². The number of nitrogens with zero attached hydrogens (tertiary/aromatic N) is 4. The van der Waals surface area contributed by atoms with Crippen molar-refractivity contribution in [3.05, 3.63) is 29.8 Å². The zero-order chi connectivity index (χ0) is 15.0. The lowest BCUT2D eigenvalue weighted by molar-refractivity contribution is 0.0693. The molecule has 1 aliphatic heterocycles. The molecule has 0 spiro atoms. The summed E-state index contributed by atoms with van der Waals surface area (Å²) >= 11 is 0. The summed E-state index contributed by atoms with van der Waals surface area (Å²) in [6, 6.07) is 2.97. The number of pyridine rings is 1. The second-order valence-electron chi connectivity index (χ2n) is 5.40. The highest BCUT2D eigenvalue weighted by Crippen LogP contribution is 2.20. The topological polar surface area (TPSA) is 81.3 Å². The van der Waals surface area contributed by atoms with E-state index in [1.165, 1.54) is 12.1 Å². The lowest BCUT2D eigenvalue weighted by Gasteiger charge is -2.31. The summed E-state index contributed by atoms with van der Waals surface area (Å²) in [6.45, 7) is 4.47. The van der Waals surface area contributed by atoms with Gasteiger partial charge in [-0.2, -0.15) is 0 Å². The average Bonchev–Trinajstić information content (AvgIpc) is 2.79. The largest absolute Gasteiger partial charge is 0.508 e. The van der Waals surface area contributed by atoms with Gasteiger partial charge in [0.1, 0.15) is 11.6 Å². The minimum Gasteiger partial charge on any atom is -0.508 e. The van der Waals surface area contributed by atoms with Crippen LogP contribution in [0.25, 0.3) is 5.52 Å². The van der Waals surface area contributed by atoms with Crippen LogP contribution in [0.3, 0.4) is 0 Å². The number of fused-ring (bicyclic) bond motifs is 1. The molecule has 7 nitrogen and oxygen atoms in total. The fourth-order valence-electron chi connectivity index (χ4n) is 2.61. The summed E-state index contributed by atoms with van der Waals surface area (Å²) in [6.07, 6.45) is 1.66. The monoisotopic (exact) mass is 290 g/mol. The van der Waals surface area contributed by atoms with Gasteiger partial charge in [0, 0.05) is 38.4 Å². The Labute approximate surface area is 122 Å². The molecule has 21 heavy (non-hydrogen) atoms.